The molecule has 0 aliphatic rings. The number of hydrogen-bond donors (Lipinski definition) is 2. The summed E-state index contributed by atoms with van der Waals surface area (Å²) >= 11 is 5.89. The molecule has 4 nitrogen and oxygen atoms in total. The molecule has 0 aliphatic heterocycles. The van der Waals surface area contributed by atoms with Crippen molar-refractivity contribution in [1.82, 2.24) is 5.43 Å². The monoisotopic (exact) mass is 288 g/mol. The van der Waals surface area contributed by atoms with Crippen LogP contribution >= 0.6 is 11.6 Å². The Hall–Kier alpha value is -2.33. The number of aromatic hydroxyl groups is 1. The lowest BCUT2D eigenvalue weighted by Crippen LogP contribution is -2.19. The van der Waals surface area contributed by atoms with Crippen molar-refractivity contribution >= 4 is 23.2 Å². The number of benzene rings is 2. The molecule has 20 heavy (non-hydrogen) atoms. The van der Waals surface area contributed by atoms with Crippen molar-refractivity contribution in [1.29, 1.82) is 0 Å². The van der Waals surface area contributed by atoms with E-state index in [9.17, 15) is 9.90 Å². The van der Waals surface area contributed by atoms with Gasteiger partial charge in [0.25, 0.3) is 5.91 Å². The Morgan fingerprint density at radius 3 is 2.65 bits per heavy atom. The SMILES string of the molecule is C/C(=N\NC(=O)c1ccccc1O)c1cccc(Cl)c1. The molecule has 1 amide bonds. The molecule has 2 aromatic rings. The first kappa shape index (κ1) is 14.1. The minimum absolute atomic E-state index is 0.0828. The molecule has 0 fully saturated rings. The van der Waals surface area contributed by atoms with Gasteiger partial charge in [0.15, 0.2) is 0 Å². The Kier molecular flexibility index (Phi) is 4.38. The summed E-state index contributed by atoms with van der Waals surface area (Å²) in [5.41, 5.74) is 4.02. The van der Waals surface area contributed by atoms with Crippen molar-refractivity contribution in [2.24, 2.45) is 5.10 Å². The molecule has 2 N–H and O–H groups in total. The van der Waals surface area contributed by atoms with E-state index in [1.54, 1.807) is 31.2 Å². The molecule has 0 saturated carbocycles. The zero-order valence-electron chi connectivity index (χ0n) is 10.8. The van der Waals surface area contributed by atoms with Crippen molar-refractivity contribution in [3.8, 4) is 5.75 Å². The van der Waals surface area contributed by atoms with Crippen LogP contribution in [0.1, 0.15) is 22.8 Å². The van der Waals surface area contributed by atoms with Crippen LogP contribution in [0.4, 0.5) is 0 Å². The fourth-order valence-corrected chi connectivity index (χ4v) is 1.83. The maximum atomic E-state index is 11.9. The van der Waals surface area contributed by atoms with Gasteiger partial charge in [-0.2, -0.15) is 5.10 Å². The highest BCUT2D eigenvalue weighted by Gasteiger charge is 2.09. The maximum Gasteiger partial charge on any atom is 0.275 e. The van der Waals surface area contributed by atoms with Gasteiger partial charge in [-0.1, -0.05) is 35.9 Å². The van der Waals surface area contributed by atoms with E-state index in [1.165, 1.54) is 12.1 Å². The number of phenols is 1. The van der Waals surface area contributed by atoms with Gasteiger partial charge in [-0.3, -0.25) is 4.79 Å². The van der Waals surface area contributed by atoms with Crippen molar-refractivity contribution in [2.75, 3.05) is 0 Å². The molecule has 0 saturated heterocycles. The number of rotatable bonds is 3. The topological polar surface area (TPSA) is 61.7 Å². The number of phenolic OH excluding ortho intramolecular Hbond substituents is 1. The van der Waals surface area contributed by atoms with E-state index in [0.29, 0.717) is 10.7 Å². The van der Waals surface area contributed by atoms with Crippen LogP contribution < -0.4 is 5.43 Å². The molecule has 0 spiro atoms. The van der Waals surface area contributed by atoms with Crippen LogP contribution in [0.5, 0.6) is 5.75 Å². The third kappa shape index (κ3) is 3.36. The fourth-order valence-electron chi connectivity index (χ4n) is 1.64. The average molecular weight is 289 g/mol. The predicted molar refractivity (Wildman–Crippen MR) is 79.2 cm³/mol. The van der Waals surface area contributed by atoms with Crippen LogP contribution in [0.15, 0.2) is 53.6 Å². The highest BCUT2D eigenvalue weighted by Crippen LogP contribution is 2.15. The summed E-state index contributed by atoms with van der Waals surface area (Å²) in [5, 5.41) is 14.2. The highest BCUT2D eigenvalue weighted by atomic mass is 35.5. The molecule has 0 unspecified atom stereocenters. The Morgan fingerprint density at radius 1 is 1.20 bits per heavy atom. The van der Waals surface area contributed by atoms with Gasteiger partial charge in [0, 0.05) is 5.02 Å². The normalized spacial score (nSPS) is 11.2. The predicted octanol–water partition coefficient (Wildman–Crippen LogP) is 3.20. The summed E-state index contributed by atoms with van der Waals surface area (Å²) in [6.45, 7) is 1.76. The molecule has 0 atom stereocenters. The van der Waals surface area contributed by atoms with E-state index in [1.807, 2.05) is 12.1 Å². The van der Waals surface area contributed by atoms with Crippen molar-refractivity contribution < 1.29 is 9.90 Å². The summed E-state index contributed by atoms with van der Waals surface area (Å²) in [6, 6.07) is 13.5. The average Bonchev–Trinajstić information content (AvgIpc) is 2.45. The molecule has 5 heteroatoms. The molecule has 2 aromatic carbocycles. The van der Waals surface area contributed by atoms with Crippen LogP contribution in [0.25, 0.3) is 0 Å². The van der Waals surface area contributed by atoms with E-state index < -0.39 is 5.91 Å². The fraction of sp³-hybridized carbons (Fsp3) is 0.0667. The zero-order valence-corrected chi connectivity index (χ0v) is 11.6. The molecule has 102 valence electrons. The van der Waals surface area contributed by atoms with Crippen LogP contribution in [0.2, 0.25) is 5.02 Å². The Balaban J connectivity index is 2.13. The lowest BCUT2D eigenvalue weighted by molar-refractivity contribution is 0.0952. The van der Waals surface area contributed by atoms with E-state index in [-0.39, 0.29) is 11.3 Å². The van der Waals surface area contributed by atoms with Crippen LogP contribution in [-0.2, 0) is 0 Å². The van der Waals surface area contributed by atoms with Crippen molar-refractivity contribution in [3.05, 3.63) is 64.7 Å². The molecular weight excluding hydrogens is 276 g/mol. The summed E-state index contributed by atoms with van der Waals surface area (Å²) in [6.07, 6.45) is 0. The molecule has 0 aromatic heterocycles. The lowest BCUT2D eigenvalue weighted by Gasteiger charge is -2.04. The van der Waals surface area contributed by atoms with Gasteiger partial charge in [-0.05, 0) is 36.8 Å². The summed E-state index contributed by atoms with van der Waals surface area (Å²) in [5.74, 6) is -0.551. The van der Waals surface area contributed by atoms with Crippen molar-refractivity contribution in [2.45, 2.75) is 6.92 Å². The van der Waals surface area contributed by atoms with Gasteiger partial charge in [0.2, 0.25) is 0 Å². The summed E-state index contributed by atoms with van der Waals surface area (Å²) < 4.78 is 0. The second-order valence-corrected chi connectivity index (χ2v) is 4.60. The van der Waals surface area contributed by atoms with Gasteiger partial charge in [0.1, 0.15) is 5.75 Å². The van der Waals surface area contributed by atoms with Gasteiger partial charge in [0.05, 0.1) is 11.3 Å². The van der Waals surface area contributed by atoms with Crippen molar-refractivity contribution in [3.63, 3.8) is 0 Å². The van der Waals surface area contributed by atoms with E-state index in [2.05, 4.69) is 10.5 Å². The number of amides is 1. The standard InChI is InChI=1S/C15H13ClN2O2/c1-10(11-5-4-6-12(16)9-11)17-18-15(20)13-7-2-3-8-14(13)19/h2-9,19H,1H3,(H,18,20)/b17-10+. The quantitative estimate of drug-likeness (QED) is 0.673. The molecule has 0 aliphatic carbocycles. The highest BCUT2D eigenvalue weighted by molar-refractivity contribution is 6.31. The van der Waals surface area contributed by atoms with E-state index in [0.717, 1.165) is 5.56 Å². The minimum Gasteiger partial charge on any atom is -0.507 e. The second kappa shape index (κ2) is 6.21. The number of carbonyl (C=O) groups is 1. The number of hydrazone groups is 1. The van der Waals surface area contributed by atoms with E-state index in [4.69, 9.17) is 11.6 Å². The number of para-hydroxylation sites is 1. The number of hydrogen-bond acceptors (Lipinski definition) is 3. The Labute approximate surface area is 121 Å². The first-order chi connectivity index (χ1) is 9.58. The number of nitrogens with zero attached hydrogens (tertiary/aromatic N) is 1. The van der Waals surface area contributed by atoms with Gasteiger partial charge in [-0.15, -0.1) is 0 Å². The third-order valence-electron chi connectivity index (χ3n) is 2.72. The molecular formula is C15H13ClN2O2. The van der Waals surface area contributed by atoms with Gasteiger partial charge < -0.3 is 5.11 Å². The number of nitrogens with one attached hydrogen (secondary N) is 1. The summed E-state index contributed by atoms with van der Waals surface area (Å²) in [7, 11) is 0. The largest absolute Gasteiger partial charge is 0.507 e. The first-order valence-electron chi connectivity index (χ1n) is 5.96. The second-order valence-electron chi connectivity index (χ2n) is 4.17. The molecule has 0 bridgehead atoms. The van der Waals surface area contributed by atoms with Gasteiger partial charge >= 0.3 is 0 Å². The Bertz CT molecular complexity index is 668. The number of halogens is 1. The van der Waals surface area contributed by atoms with Crippen LogP contribution in [0, 0.1) is 0 Å². The smallest absolute Gasteiger partial charge is 0.275 e. The molecule has 0 radical (unpaired) electrons. The zero-order chi connectivity index (χ0) is 14.5. The lowest BCUT2D eigenvalue weighted by atomic mass is 10.1. The Morgan fingerprint density at radius 2 is 1.95 bits per heavy atom. The maximum absolute atomic E-state index is 11.9. The first-order valence-corrected chi connectivity index (χ1v) is 6.34. The number of carbonyl (C=O) groups excluding carboxylic acids is 1. The minimum atomic E-state index is -0.468. The third-order valence-corrected chi connectivity index (χ3v) is 2.95. The molecule has 2 rings (SSSR count). The molecule has 0 heterocycles. The van der Waals surface area contributed by atoms with Crippen LogP contribution in [-0.4, -0.2) is 16.7 Å². The van der Waals surface area contributed by atoms with Crippen LogP contribution in [0.3, 0.4) is 0 Å². The summed E-state index contributed by atoms with van der Waals surface area (Å²) in [4.78, 5) is 11.9. The van der Waals surface area contributed by atoms with E-state index >= 15 is 0 Å². The van der Waals surface area contributed by atoms with Gasteiger partial charge in [-0.25, -0.2) is 5.43 Å².